The molecule has 2 aliphatic rings. The predicted molar refractivity (Wildman–Crippen MR) is 204 cm³/mol. The number of carbonyl (C=O) groups excluding carboxylic acids is 3. The van der Waals surface area contributed by atoms with Gasteiger partial charge in [-0.3, -0.25) is 19.2 Å². The molecule has 1 aliphatic carbocycles. The lowest BCUT2D eigenvalue weighted by atomic mass is 9.92. The summed E-state index contributed by atoms with van der Waals surface area (Å²) in [6.45, 7) is 1.52. The molecule has 1 heterocycles. The summed E-state index contributed by atoms with van der Waals surface area (Å²) in [5, 5.41) is 25.7. The van der Waals surface area contributed by atoms with Gasteiger partial charge >= 0.3 is 5.97 Å². The van der Waals surface area contributed by atoms with Gasteiger partial charge in [0.2, 0.25) is 5.91 Å². The molecular weight excluding hydrogens is 698 g/mol. The molecule has 0 radical (unpaired) electrons. The standard InChI is InChI=1S/C41H50FN3O7S/c1-2-3-5-8-27-11-13-28(14-12-27)36(47)26-53-39-38(45(40(39)49)32-19-17-30(42)18-20-32)29-15-21-34(22-16-29)52-25-37(48)43-24-33(46)23-35(41(50)51)44-31-9-6-4-7-10-31/h11-22,31,35-36,38-39,44,47H,2-10,23-26H2,1H3,(H,43,48)(H,50,51)/t35-,36?,38-,39-/m1/s1. The molecule has 1 saturated carbocycles. The van der Waals surface area contributed by atoms with Crippen molar-refractivity contribution in [2.45, 2.75) is 101 Å². The van der Waals surface area contributed by atoms with Crippen molar-refractivity contribution in [2.24, 2.45) is 0 Å². The van der Waals surface area contributed by atoms with Crippen LogP contribution in [0.2, 0.25) is 0 Å². The molecule has 4 N–H and O–H groups in total. The van der Waals surface area contributed by atoms with Gasteiger partial charge in [-0.05, 0) is 78.8 Å². The first kappa shape index (κ1) is 39.9. The van der Waals surface area contributed by atoms with Gasteiger partial charge in [0, 0.05) is 23.9 Å². The SMILES string of the molecule is CCCCCc1ccc(C(O)CS[C@H]2C(=O)N(c3ccc(F)cc3)[C@@H]2c2ccc(OCC(=O)NCC(=O)C[C@@H](NC3CCCCC3)C(=O)O)cc2)cc1. The Kier molecular flexibility index (Phi) is 14.9. The molecule has 1 aliphatic heterocycles. The number of thioether (sulfide) groups is 1. The maximum absolute atomic E-state index is 13.7. The highest BCUT2D eigenvalue weighted by atomic mass is 32.2. The molecule has 284 valence electrons. The Morgan fingerprint density at radius 3 is 2.32 bits per heavy atom. The highest BCUT2D eigenvalue weighted by molar-refractivity contribution is 8.00. The number of ether oxygens (including phenoxy) is 1. The van der Waals surface area contributed by atoms with Crippen LogP contribution in [0.25, 0.3) is 0 Å². The van der Waals surface area contributed by atoms with E-state index in [9.17, 15) is 33.8 Å². The Labute approximate surface area is 314 Å². The van der Waals surface area contributed by atoms with E-state index >= 15 is 0 Å². The van der Waals surface area contributed by atoms with Crippen LogP contribution in [0.4, 0.5) is 10.1 Å². The summed E-state index contributed by atoms with van der Waals surface area (Å²) in [6.07, 6.45) is 8.46. The Morgan fingerprint density at radius 1 is 0.962 bits per heavy atom. The van der Waals surface area contributed by atoms with Crippen molar-refractivity contribution in [2.75, 3.05) is 23.8 Å². The van der Waals surface area contributed by atoms with Crippen molar-refractivity contribution in [1.82, 2.24) is 10.6 Å². The van der Waals surface area contributed by atoms with Gasteiger partial charge in [0.1, 0.15) is 22.9 Å². The van der Waals surface area contributed by atoms with Crippen LogP contribution in [-0.4, -0.2) is 70.0 Å². The number of nitrogens with zero attached hydrogens (tertiary/aromatic N) is 1. The lowest BCUT2D eigenvalue weighted by molar-refractivity contribution is -0.141. The maximum Gasteiger partial charge on any atom is 0.321 e. The molecule has 4 atom stereocenters. The number of aliphatic hydroxyl groups is 1. The first-order valence-corrected chi connectivity index (χ1v) is 19.6. The number of aliphatic carboxylic acids is 1. The normalized spacial score (nSPS) is 18.5. The van der Waals surface area contributed by atoms with Crippen LogP contribution in [0.15, 0.2) is 72.8 Å². The third-order valence-corrected chi connectivity index (χ3v) is 11.2. The van der Waals surface area contributed by atoms with Gasteiger partial charge in [0.15, 0.2) is 12.4 Å². The van der Waals surface area contributed by atoms with Crippen molar-refractivity contribution >= 4 is 41.0 Å². The van der Waals surface area contributed by atoms with Crippen LogP contribution in [0.3, 0.4) is 0 Å². The van der Waals surface area contributed by atoms with Crippen molar-refractivity contribution in [1.29, 1.82) is 0 Å². The van der Waals surface area contributed by atoms with E-state index in [1.54, 1.807) is 41.3 Å². The van der Waals surface area contributed by atoms with E-state index in [-0.39, 0.29) is 31.5 Å². The van der Waals surface area contributed by atoms with Crippen LogP contribution in [-0.2, 0) is 25.6 Å². The van der Waals surface area contributed by atoms with Gasteiger partial charge in [0.25, 0.3) is 5.91 Å². The third-order valence-electron chi connectivity index (χ3n) is 9.86. The minimum absolute atomic E-state index is 0.0774. The molecule has 0 spiro atoms. The number of anilines is 1. The summed E-state index contributed by atoms with van der Waals surface area (Å²) in [5.74, 6) is -1.85. The van der Waals surface area contributed by atoms with Gasteiger partial charge in [-0.15, -0.1) is 11.8 Å². The van der Waals surface area contributed by atoms with Gasteiger partial charge < -0.3 is 30.5 Å². The average molecular weight is 748 g/mol. The molecule has 0 aromatic heterocycles. The number of aryl methyl sites for hydroxylation is 1. The molecule has 3 aromatic carbocycles. The quantitative estimate of drug-likeness (QED) is 0.0772. The number of Topliss-reactive ketones (excluding diaryl/α,β-unsaturated/α-hetero) is 1. The summed E-state index contributed by atoms with van der Waals surface area (Å²) in [7, 11) is 0. The van der Waals surface area contributed by atoms with E-state index < -0.39 is 46.9 Å². The summed E-state index contributed by atoms with van der Waals surface area (Å²) in [6, 6.07) is 19.4. The number of amides is 2. The van der Waals surface area contributed by atoms with E-state index in [2.05, 4.69) is 17.6 Å². The zero-order chi connectivity index (χ0) is 37.7. The van der Waals surface area contributed by atoms with E-state index in [0.717, 1.165) is 62.5 Å². The Balaban J connectivity index is 1.14. The molecule has 10 nitrogen and oxygen atoms in total. The number of aliphatic hydroxyl groups excluding tert-OH is 1. The fraction of sp³-hybridized carbons (Fsp3) is 0.463. The lowest BCUT2D eigenvalue weighted by Crippen LogP contribution is -2.57. The number of unbranched alkanes of at least 4 members (excludes halogenated alkanes) is 2. The monoisotopic (exact) mass is 747 g/mol. The number of nitrogens with one attached hydrogen (secondary N) is 2. The number of carboxylic acid groups (broad SMARTS) is 1. The van der Waals surface area contributed by atoms with Crippen molar-refractivity contribution in [3.8, 4) is 5.75 Å². The smallest absolute Gasteiger partial charge is 0.321 e. The third kappa shape index (κ3) is 11.4. The highest BCUT2D eigenvalue weighted by Crippen LogP contribution is 2.46. The number of ketones is 1. The number of hydrogen-bond acceptors (Lipinski definition) is 8. The van der Waals surface area contributed by atoms with Crippen molar-refractivity contribution < 1.29 is 38.5 Å². The molecule has 1 unspecified atom stereocenters. The van der Waals surface area contributed by atoms with E-state index in [0.29, 0.717) is 17.2 Å². The van der Waals surface area contributed by atoms with E-state index in [1.165, 1.54) is 35.9 Å². The molecule has 3 aromatic rings. The number of hydrogen-bond donors (Lipinski definition) is 4. The number of rotatable bonds is 20. The van der Waals surface area contributed by atoms with Gasteiger partial charge in [0.05, 0.1) is 18.7 Å². The Hall–Kier alpha value is -4.26. The van der Waals surface area contributed by atoms with Gasteiger partial charge in [-0.1, -0.05) is 75.4 Å². The van der Waals surface area contributed by atoms with Crippen LogP contribution in [0, 0.1) is 5.82 Å². The summed E-state index contributed by atoms with van der Waals surface area (Å²) >= 11 is 1.38. The molecule has 2 amide bonds. The second kappa shape index (κ2) is 19.7. The Bertz CT molecular complexity index is 1670. The molecular formula is C41H50FN3O7S. The lowest BCUT2D eigenvalue weighted by Gasteiger charge is -2.47. The number of carboxylic acids is 1. The second-order valence-corrected chi connectivity index (χ2v) is 15.0. The first-order chi connectivity index (χ1) is 25.6. The van der Waals surface area contributed by atoms with Crippen LogP contribution >= 0.6 is 11.8 Å². The molecule has 2 fully saturated rings. The molecule has 5 rings (SSSR count). The van der Waals surface area contributed by atoms with Crippen molar-refractivity contribution in [3.05, 3.63) is 95.3 Å². The van der Waals surface area contributed by atoms with Crippen molar-refractivity contribution in [3.63, 3.8) is 0 Å². The highest BCUT2D eigenvalue weighted by Gasteiger charge is 2.49. The van der Waals surface area contributed by atoms with Crippen LogP contribution < -0.4 is 20.3 Å². The van der Waals surface area contributed by atoms with E-state index in [4.69, 9.17) is 4.74 Å². The number of halogens is 1. The first-order valence-electron chi connectivity index (χ1n) is 18.6. The molecule has 53 heavy (non-hydrogen) atoms. The zero-order valence-electron chi connectivity index (χ0n) is 30.2. The average Bonchev–Trinajstić information content (AvgIpc) is 3.16. The Morgan fingerprint density at radius 2 is 1.66 bits per heavy atom. The number of benzene rings is 3. The second-order valence-electron chi connectivity index (χ2n) is 13.9. The molecule has 0 bridgehead atoms. The largest absolute Gasteiger partial charge is 0.484 e. The zero-order valence-corrected chi connectivity index (χ0v) is 31.0. The van der Waals surface area contributed by atoms with Crippen LogP contribution in [0.5, 0.6) is 5.75 Å². The maximum atomic E-state index is 13.7. The van der Waals surface area contributed by atoms with Gasteiger partial charge in [-0.2, -0.15) is 0 Å². The molecule has 1 saturated heterocycles. The number of β-lactam (4-membered cyclic amide) rings is 1. The topological polar surface area (TPSA) is 145 Å². The predicted octanol–water partition coefficient (Wildman–Crippen LogP) is 6.31. The summed E-state index contributed by atoms with van der Waals surface area (Å²) in [5.41, 5.74) is 3.39. The van der Waals surface area contributed by atoms with Gasteiger partial charge in [-0.25, -0.2) is 4.39 Å². The minimum atomic E-state index is -1.09. The fourth-order valence-corrected chi connectivity index (χ4v) is 8.14. The fourth-order valence-electron chi connectivity index (χ4n) is 6.84. The summed E-state index contributed by atoms with van der Waals surface area (Å²) in [4.78, 5) is 51.8. The minimum Gasteiger partial charge on any atom is -0.484 e. The molecule has 12 heteroatoms. The van der Waals surface area contributed by atoms with Crippen LogP contribution in [0.1, 0.15) is 93.5 Å². The summed E-state index contributed by atoms with van der Waals surface area (Å²) < 4.78 is 19.4. The van der Waals surface area contributed by atoms with E-state index in [1.807, 2.05) is 24.3 Å². The number of carbonyl (C=O) groups is 4.